The van der Waals surface area contributed by atoms with E-state index in [4.69, 9.17) is 11.6 Å². The summed E-state index contributed by atoms with van der Waals surface area (Å²) in [5.41, 5.74) is 2.53. The number of benzene rings is 2. The molecule has 3 rings (SSSR count). The predicted molar refractivity (Wildman–Crippen MR) is 85.5 cm³/mol. The van der Waals surface area contributed by atoms with Crippen LogP contribution in [0.4, 0.5) is 11.4 Å². The monoisotopic (exact) mass is 322 g/mol. The number of hydrogen-bond acceptors (Lipinski definition) is 3. The lowest BCUT2D eigenvalue weighted by molar-refractivity contribution is 0.601. The van der Waals surface area contributed by atoms with E-state index in [9.17, 15) is 8.42 Å². The van der Waals surface area contributed by atoms with Crippen LogP contribution in [-0.2, 0) is 16.4 Å². The quantitative estimate of drug-likeness (QED) is 0.909. The van der Waals surface area contributed by atoms with Crippen molar-refractivity contribution in [3.8, 4) is 0 Å². The number of fused-ring (bicyclic) bond motifs is 1. The normalized spacial score (nSPS) is 17.1. The van der Waals surface area contributed by atoms with Gasteiger partial charge in [0.2, 0.25) is 0 Å². The van der Waals surface area contributed by atoms with Crippen molar-refractivity contribution in [1.82, 2.24) is 0 Å². The fraction of sp³-hybridized carbons (Fsp3) is 0.200. The molecule has 0 fully saturated rings. The molecule has 0 saturated heterocycles. The lowest BCUT2D eigenvalue weighted by atomic mass is 10.1. The van der Waals surface area contributed by atoms with Gasteiger partial charge in [0.15, 0.2) is 0 Å². The molecule has 21 heavy (non-hydrogen) atoms. The first-order valence-corrected chi connectivity index (χ1v) is 8.48. The number of rotatable bonds is 3. The zero-order valence-electron chi connectivity index (χ0n) is 11.4. The van der Waals surface area contributed by atoms with Crippen LogP contribution in [0.15, 0.2) is 47.4 Å². The molecule has 4 nitrogen and oxygen atoms in total. The molecule has 0 aromatic heterocycles. The minimum atomic E-state index is -3.59. The van der Waals surface area contributed by atoms with Crippen molar-refractivity contribution >= 4 is 33.0 Å². The topological polar surface area (TPSA) is 58.2 Å². The van der Waals surface area contributed by atoms with Gasteiger partial charge in [-0.25, -0.2) is 8.42 Å². The van der Waals surface area contributed by atoms with Crippen molar-refractivity contribution in [1.29, 1.82) is 0 Å². The number of nitrogens with one attached hydrogen (secondary N) is 2. The van der Waals surface area contributed by atoms with Gasteiger partial charge in [-0.15, -0.1) is 0 Å². The fourth-order valence-electron chi connectivity index (χ4n) is 2.43. The van der Waals surface area contributed by atoms with Crippen molar-refractivity contribution in [2.75, 3.05) is 10.0 Å². The zero-order chi connectivity index (χ0) is 15.0. The van der Waals surface area contributed by atoms with Gasteiger partial charge in [0.05, 0.1) is 4.90 Å². The van der Waals surface area contributed by atoms with Gasteiger partial charge in [0.1, 0.15) is 0 Å². The first kappa shape index (κ1) is 14.2. The Bertz CT molecular complexity index is 773. The summed E-state index contributed by atoms with van der Waals surface area (Å²) < 4.78 is 27.4. The van der Waals surface area contributed by atoms with Crippen LogP contribution in [-0.4, -0.2) is 14.5 Å². The third kappa shape index (κ3) is 2.99. The average molecular weight is 323 g/mol. The fourth-order valence-corrected chi connectivity index (χ4v) is 3.66. The van der Waals surface area contributed by atoms with E-state index in [1.807, 2.05) is 6.07 Å². The second-order valence-corrected chi connectivity index (χ2v) is 7.30. The maximum atomic E-state index is 12.4. The SMILES string of the molecule is CC1Cc2cc(S(=O)(=O)Nc3ccc(Cl)cc3)ccc2N1. The number of anilines is 2. The predicted octanol–water partition coefficient (Wildman–Crippen LogP) is 3.50. The van der Waals surface area contributed by atoms with Gasteiger partial charge < -0.3 is 5.32 Å². The molecule has 0 spiro atoms. The van der Waals surface area contributed by atoms with Gasteiger partial charge in [0, 0.05) is 22.4 Å². The van der Waals surface area contributed by atoms with E-state index in [1.165, 1.54) is 0 Å². The van der Waals surface area contributed by atoms with Crippen LogP contribution >= 0.6 is 11.6 Å². The van der Waals surface area contributed by atoms with Crippen LogP contribution in [0.5, 0.6) is 0 Å². The van der Waals surface area contributed by atoms with Crippen LogP contribution in [0.25, 0.3) is 0 Å². The number of hydrogen-bond donors (Lipinski definition) is 2. The van der Waals surface area contributed by atoms with Gasteiger partial charge in [-0.3, -0.25) is 4.72 Å². The summed E-state index contributed by atoms with van der Waals surface area (Å²) in [5, 5.41) is 3.87. The van der Waals surface area contributed by atoms with E-state index in [1.54, 1.807) is 36.4 Å². The maximum Gasteiger partial charge on any atom is 0.261 e. The Morgan fingerprint density at radius 1 is 1.19 bits per heavy atom. The highest BCUT2D eigenvalue weighted by atomic mass is 35.5. The van der Waals surface area contributed by atoms with E-state index in [-0.39, 0.29) is 4.90 Å². The smallest absolute Gasteiger partial charge is 0.261 e. The minimum Gasteiger partial charge on any atom is -0.382 e. The Morgan fingerprint density at radius 2 is 1.90 bits per heavy atom. The first-order valence-electron chi connectivity index (χ1n) is 6.62. The molecule has 2 aromatic rings. The lowest BCUT2D eigenvalue weighted by Gasteiger charge is -2.09. The summed E-state index contributed by atoms with van der Waals surface area (Å²) in [6, 6.07) is 12.1. The third-order valence-electron chi connectivity index (χ3n) is 3.41. The molecule has 0 amide bonds. The average Bonchev–Trinajstić information content (AvgIpc) is 2.80. The van der Waals surface area contributed by atoms with Crippen LogP contribution in [0.2, 0.25) is 5.02 Å². The summed E-state index contributed by atoms with van der Waals surface area (Å²) in [6.45, 7) is 2.07. The highest BCUT2D eigenvalue weighted by Crippen LogP contribution is 2.29. The lowest BCUT2D eigenvalue weighted by Crippen LogP contribution is -2.13. The number of halogens is 1. The molecule has 2 N–H and O–H groups in total. The van der Waals surface area contributed by atoms with Gasteiger partial charge in [-0.05, 0) is 61.4 Å². The van der Waals surface area contributed by atoms with E-state index >= 15 is 0 Å². The summed E-state index contributed by atoms with van der Waals surface area (Å²) >= 11 is 5.79. The molecule has 110 valence electrons. The van der Waals surface area contributed by atoms with Gasteiger partial charge >= 0.3 is 0 Å². The zero-order valence-corrected chi connectivity index (χ0v) is 13.0. The van der Waals surface area contributed by atoms with Crippen molar-refractivity contribution in [2.45, 2.75) is 24.3 Å². The molecule has 0 bridgehead atoms. The molecule has 2 aromatic carbocycles. The van der Waals surface area contributed by atoms with Crippen molar-refractivity contribution in [3.05, 3.63) is 53.1 Å². The highest BCUT2D eigenvalue weighted by Gasteiger charge is 2.21. The van der Waals surface area contributed by atoms with Gasteiger partial charge in [-0.1, -0.05) is 11.6 Å². The molecular weight excluding hydrogens is 308 g/mol. The molecular formula is C15H15ClN2O2S. The molecule has 0 aliphatic carbocycles. The maximum absolute atomic E-state index is 12.4. The molecule has 1 atom stereocenters. The van der Waals surface area contributed by atoms with Crippen molar-refractivity contribution < 1.29 is 8.42 Å². The standard InChI is InChI=1S/C15H15ClN2O2S/c1-10-8-11-9-14(6-7-15(11)17-10)21(19,20)18-13-4-2-12(16)3-5-13/h2-7,9-10,17-18H,8H2,1H3. The Morgan fingerprint density at radius 3 is 2.62 bits per heavy atom. The molecule has 1 aliphatic rings. The Hall–Kier alpha value is -1.72. The Kier molecular flexibility index (Phi) is 3.55. The second kappa shape index (κ2) is 5.24. The van der Waals surface area contributed by atoms with Crippen LogP contribution in [0.1, 0.15) is 12.5 Å². The molecule has 6 heteroatoms. The van der Waals surface area contributed by atoms with Crippen LogP contribution < -0.4 is 10.0 Å². The Balaban J connectivity index is 1.89. The highest BCUT2D eigenvalue weighted by molar-refractivity contribution is 7.92. The van der Waals surface area contributed by atoms with Gasteiger partial charge in [-0.2, -0.15) is 0 Å². The van der Waals surface area contributed by atoms with E-state index in [0.29, 0.717) is 16.8 Å². The number of sulfonamides is 1. The molecule has 1 unspecified atom stereocenters. The second-order valence-electron chi connectivity index (χ2n) is 5.18. The summed E-state index contributed by atoms with van der Waals surface area (Å²) in [6.07, 6.45) is 0.833. The summed E-state index contributed by atoms with van der Waals surface area (Å²) in [5.74, 6) is 0. The molecule has 0 saturated carbocycles. The molecule has 1 aliphatic heterocycles. The van der Waals surface area contributed by atoms with E-state index in [0.717, 1.165) is 17.7 Å². The van der Waals surface area contributed by atoms with Crippen molar-refractivity contribution in [2.24, 2.45) is 0 Å². The largest absolute Gasteiger partial charge is 0.382 e. The summed E-state index contributed by atoms with van der Waals surface area (Å²) in [4.78, 5) is 0.270. The molecule has 0 radical (unpaired) electrons. The van der Waals surface area contributed by atoms with Crippen molar-refractivity contribution in [3.63, 3.8) is 0 Å². The van der Waals surface area contributed by atoms with Gasteiger partial charge in [0.25, 0.3) is 10.0 Å². The molecule has 1 heterocycles. The third-order valence-corrected chi connectivity index (χ3v) is 5.04. The van der Waals surface area contributed by atoms with E-state index in [2.05, 4.69) is 17.0 Å². The summed E-state index contributed by atoms with van der Waals surface area (Å²) in [7, 11) is -3.59. The first-order chi connectivity index (χ1) is 9.94. The Labute approximate surface area is 129 Å². The van der Waals surface area contributed by atoms with Crippen LogP contribution in [0.3, 0.4) is 0 Å². The van der Waals surface area contributed by atoms with E-state index < -0.39 is 10.0 Å². The minimum absolute atomic E-state index is 0.270. The van der Waals surface area contributed by atoms with Crippen LogP contribution in [0, 0.1) is 0 Å².